The molecule has 0 fully saturated rings. The second-order valence-corrected chi connectivity index (χ2v) is 18.6. The summed E-state index contributed by atoms with van der Waals surface area (Å²) in [7, 11) is -6.91. The van der Waals surface area contributed by atoms with Gasteiger partial charge in [0, 0.05) is 52.8 Å². The minimum atomic E-state index is -3.46. The first kappa shape index (κ1) is 47.2. The van der Waals surface area contributed by atoms with Gasteiger partial charge in [-0.2, -0.15) is 19.6 Å². The quantitative estimate of drug-likeness (QED) is 0.0958. The Balaban J connectivity index is 0.000000212. The van der Waals surface area contributed by atoms with Crippen molar-refractivity contribution in [2.75, 3.05) is 12.5 Å². The SMILES string of the molecule is Cc1nn(-c2ccccc2-c2ccccc2)c(O)c1C=Nc1cc(S(C)(=O)=O)ccc1O.Cc1nn(-c2ccccc2-c2ccccc2)c(O)c1C=Nc1cc(S(C)(=O)=O)ccc1O.[Co]. The Morgan fingerprint density at radius 3 is 1.18 bits per heavy atom. The van der Waals surface area contributed by atoms with Crippen LogP contribution in [0.4, 0.5) is 11.4 Å². The second kappa shape index (κ2) is 19.6. The molecule has 0 saturated carbocycles. The fraction of sp³-hybridized carbons (Fsp3) is 0.0833. The van der Waals surface area contributed by atoms with Gasteiger partial charge in [0.15, 0.2) is 19.7 Å². The number of rotatable bonds is 10. The molecule has 0 atom stereocenters. The van der Waals surface area contributed by atoms with Gasteiger partial charge in [-0.15, -0.1) is 0 Å². The number of sulfone groups is 2. The summed E-state index contributed by atoms with van der Waals surface area (Å²) in [5.74, 6) is -0.581. The molecular formula is C48H42CoN6O8S2. The topological polar surface area (TPSA) is 210 Å². The molecule has 2 heterocycles. The Hall–Kier alpha value is -7.31. The molecule has 6 aromatic carbocycles. The number of aromatic nitrogens is 4. The van der Waals surface area contributed by atoms with Crippen molar-refractivity contribution in [2.24, 2.45) is 9.98 Å². The van der Waals surface area contributed by atoms with Crippen LogP contribution in [-0.4, -0.2) is 81.8 Å². The fourth-order valence-electron chi connectivity index (χ4n) is 6.68. The third-order valence-corrected chi connectivity index (χ3v) is 12.2. The van der Waals surface area contributed by atoms with E-state index in [4.69, 9.17) is 0 Å². The van der Waals surface area contributed by atoms with E-state index in [2.05, 4.69) is 20.2 Å². The molecule has 8 aromatic rings. The van der Waals surface area contributed by atoms with Crippen LogP contribution >= 0.6 is 0 Å². The molecule has 14 nitrogen and oxygen atoms in total. The van der Waals surface area contributed by atoms with Crippen LogP contribution in [0.2, 0.25) is 0 Å². The van der Waals surface area contributed by atoms with Crippen molar-refractivity contribution in [3.63, 3.8) is 0 Å². The van der Waals surface area contributed by atoms with Gasteiger partial charge < -0.3 is 20.4 Å². The zero-order valence-electron chi connectivity index (χ0n) is 35.3. The second-order valence-electron chi connectivity index (χ2n) is 14.6. The van der Waals surface area contributed by atoms with E-state index >= 15 is 0 Å². The van der Waals surface area contributed by atoms with E-state index in [1.54, 1.807) is 13.8 Å². The first-order valence-electron chi connectivity index (χ1n) is 19.5. The number of aliphatic imine (C=N–C) groups is 2. The Labute approximate surface area is 386 Å². The molecule has 0 aliphatic rings. The number of benzene rings is 6. The molecule has 0 amide bonds. The van der Waals surface area contributed by atoms with Crippen LogP contribution in [0, 0.1) is 13.8 Å². The smallest absolute Gasteiger partial charge is 0.223 e. The molecule has 1 radical (unpaired) electrons. The molecule has 0 bridgehead atoms. The minimum absolute atomic E-state index is 0. The molecular weight excluding hydrogens is 912 g/mol. The Kier molecular flexibility index (Phi) is 14.2. The number of aromatic hydroxyl groups is 4. The molecule has 0 unspecified atom stereocenters. The maximum absolute atomic E-state index is 11.8. The number of nitrogens with zero attached hydrogens (tertiary/aromatic N) is 6. The summed E-state index contributed by atoms with van der Waals surface area (Å²) in [5, 5.41) is 50.9. The summed E-state index contributed by atoms with van der Waals surface area (Å²) in [6.07, 6.45) is 4.88. The van der Waals surface area contributed by atoms with Crippen LogP contribution in [0.15, 0.2) is 165 Å². The van der Waals surface area contributed by atoms with Crippen LogP contribution in [0.5, 0.6) is 23.3 Å². The predicted molar refractivity (Wildman–Crippen MR) is 248 cm³/mol. The average Bonchev–Trinajstić information content (AvgIpc) is 3.73. The van der Waals surface area contributed by atoms with Gasteiger partial charge in [0.05, 0.1) is 43.7 Å². The number of hydrogen-bond acceptors (Lipinski definition) is 12. The predicted octanol–water partition coefficient (Wildman–Crippen LogP) is 8.82. The number of para-hydroxylation sites is 2. The third kappa shape index (κ3) is 10.6. The van der Waals surface area contributed by atoms with E-state index < -0.39 is 19.7 Å². The normalized spacial score (nSPS) is 11.6. The number of phenolic OH excluding ortho intramolecular Hbond substituents is 2. The first-order valence-corrected chi connectivity index (χ1v) is 23.3. The van der Waals surface area contributed by atoms with E-state index in [0.717, 1.165) is 34.8 Å². The summed E-state index contributed by atoms with van der Waals surface area (Å²) in [5.41, 5.74) is 7.05. The molecule has 65 heavy (non-hydrogen) atoms. The molecule has 0 spiro atoms. The van der Waals surface area contributed by atoms with Crippen molar-refractivity contribution in [2.45, 2.75) is 23.6 Å². The van der Waals surface area contributed by atoms with Crippen LogP contribution in [0.1, 0.15) is 22.5 Å². The van der Waals surface area contributed by atoms with Gasteiger partial charge in [-0.25, -0.2) is 16.8 Å². The van der Waals surface area contributed by atoms with Crippen molar-refractivity contribution in [1.29, 1.82) is 0 Å². The Morgan fingerprint density at radius 2 is 0.831 bits per heavy atom. The summed E-state index contributed by atoms with van der Waals surface area (Å²) < 4.78 is 50.1. The molecule has 2 aromatic heterocycles. The first-order chi connectivity index (χ1) is 30.5. The Bertz CT molecular complexity index is 3080. The minimum Gasteiger partial charge on any atom is -0.506 e. The van der Waals surface area contributed by atoms with Crippen molar-refractivity contribution in [3.8, 4) is 56.9 Å². The van der Waals surface area contributed by atoms with Crippen molar-refractivity contribution in [3.05, 3.63) is 168 Å². The van der Waals surface area contributed by atoms with Crippen molar-refractivity contribution in [1.82, 2.24) is 19.6 Å². The van der Waals surface area contributed by atoms with E-state index in [-0.39, 0.29) is 61.2 Å². The molecule has 0 saturated heterocycles. The van der Waals surface area contributed by atoms with Gasteiger partial charge in [0.2, 0.25) is 11.8 Å². The molecule has 0 aliphatic heterocycles. The van der Waals surface area contributed by atoms with Gasteiger partial charge in [-0.3, -0.25) is 9.98 Å². The summed E-state index contributed by atoms with van der Waals surface area (Å²) >= 11 is 0. The van der Waals surface area contributed by atoms with Crippen LogP contribution in [0.3, 0.4) is 0 Å². The fourth-order valence-corrected chi connectivity index (χ4v) is 7.96. The van der Waals surface area contributed by atoms with E-state index in [1.807, 2.05) is 109 Å². The number of aryl methyl sites for hydroxylation is 2. The monoisotopic (exact) mass is 953 g/mol. The van der Waals surface area contributed by atoms with Gasteiger partial charge in [0.25, 0.3) is 0 Å². The van der Waals surface area contributed by atoms with Gasteiger partial charge in [-0.1, -0.05) is 97.1 Å². The Morgan fingerprint density at radius 1 is 0.492 bits per heavy atom. The van der Waals surface area contributed by atoms with Crippen LogP contribution < -0.4 is 0 Å². The standard InChI is InChI=1S/2C24H21N3O4S.Co/c2*1-16-20(15-25-21-14-18(32(2,30)31)12-13-23(21)28)24(29)27(26-16)22-11-7-6-10-19(22)17-8-4-3-5-9-17;/h2*3-15,28-29H,1-2H3;. The zero-order chi connectivity index (χ0) is 45.8. The van der Waals surface area contributed by atoms with E-state index in [0.29, 0.717) is 33.9 Å². The van der Waals surface area contributed by atoms with E-state index in [9.17, 15) is 37.3 Å². The van der Waals surface area contributed by atoms with Crippen molar-refractivity contribution >= 4 is 43.5 Å². The molecule has 4 N–H and O–H groups in total. The maximum Gasteiger partial charge on any atom is 0.223 e. The van der Waals surface area contributed by atoms with Gasteiger partial charge in [0.1, 0.15) is 22.9 Å². The van der Waals surface area contributed by atoms with Crippen LogP contribution in [0.25, 0.3) is 33.6 Å². The van der Waals surface area contributed by atoms with Crippen LogP contribution in [-0.2, 0) is 36.5 Å². The van der Waals surface area contributed by atoms with Gasteiger partial charge in [-0.05, 0) is 73.5 Å². The zero-order valence-corrected chi connectivity index (χ0v) is 37.9. The summed E-state index contributed by atoms with van der Waals surface area (Å²) in [4.78, 5) is 8.49. The average molecular weight is 954 g/mol. The molecule has 0 aliphatic carbocycles. The van der Waals surface area contributed by atoms with Crippen molar-refractivity contribution < 1.29 is 54.0 Å². The molecule has 8 rings (SSSR count). The maximum atomic E-state index is 11.8. The molecule has 17 heteroatoms. The van der Waals surface area contributed by atoms with Gasteiger partial charge >= 0.3 is 0 Å². The largest absolute Gasteiger partial charge is 0.506 e. The number of hydrogen-bond donors (Lipinski definition) is 4. The third-order valence-electron chi connectivity index (χ3n) is 10.0. The molecule has 333 valence electrons. The summed E-state index contributed by atoms with van der Waals surface area (Å²) in [6.45, 7) is 3.46. The summed E-state index contributed by atoms with van der Waals surface area (Å²) in [6, 6.07) is 42.4. The van der Waals surface area contributed by atoms with E-state index in [1.165, 1.54) is 58.2 Å². The number of phenols is 2.